The fraction of sp³-hybridized carbons (Fsp3) is 0.400. The van der Waals surface area contributed by atoms with E-state index in [1.807, 2.05) is 27.1 Å². The number of aryl methyl sites for hydroxylation is 2. The van der Waals surface area contributed by atoms with E-state index < -0.39 is 11.4 Å². The van der Waals surface area contributed by atoms with E-state index in [1.54, 1.807) is 37.0 Å². The van der Waals surface area contributed by atoms with E-state index in [2.05, 4.69) is 10.1 Å². The molecule has 3 aromatic heterocycles. The van der Waals surface area contributed by atoms with Gasteiger partial charge >= 0.3 is 0 Å². The van der Waals surface area contributed by atoms with Gasteiger partial charge in [-0.2, -0.15) is 5.10 Å². The van der Waals surface area contributed by atoms with E-state index in [1.165, 1.54) is 10.6 Å². The minimum Gasteiger partial charge on any atom is -0.367 e. The molecule has 1 aliphatic heterocycles. The number of aromatic nitrogens is 6. The Kier molecular flexibility index (Phi) is 5.72. The lowest BCUT2D eigenvalue weighted by Gasteiger charge is -2.40. The molecule has 4 aromatic rings. The Labute approximate surface area is 206 Å². The molecule has 182 valence electrons. The molecule has 35 heavy (non-hydrogen) atoms. The van der Waals surface area contributed by atoms with Crippen LogP contribution in [0.3, 0.4) is 0 Å². The maximum atomic E-state index is 15.0. The van der Waals surface area contributed by atoms with Gasteiger partial charge in [-0.05, 0) is 51.8 Å². The van der Waals surface area contributed by atoms with E-state index in [0.717, 1.165) is 5.56 Å². The van der Waals surface area contributed by atoms with Gasteiger partial charge < -0.3 is 4.74 Å². The fourth-order valence-corrected chi connectivity index (χ4v) is 4.90. The molecule has 5 rings (SSSR count). The molecule has 4 heterocycles. The molecule has 0 aliphatic carbocycles. The maximum Gasteiger partial charge on any atom is 0.279 e. The van der Waals surface area contributed by atoms with Crippen molar-refractivity contribution in [1.29, 1.82) is 0 Å². The Balaban J connectivity index is 1.71. The summed E-state index contributed by atoms with van der Waals surface area (Å²) in [6.45, 7) is 5.76. The van der Waals surface area contributed by atoms with Crippen LogP contribution in [0, 0.1) is 12.7 Å². The molecule has 10 heteroatoms. The second-order valence-corrected chi connectivity index (χ2v) is 10.2. The third kappa shape index (κ3) is 4.34. The van der Waals surface area contributed by atoms with Crippen LogP contribution in [-0.2, 0) is 18.8 Å². The molecule has 2 atom stereocenters. The summed E-state index contributed by atoms with van der Waals surface area (Å²) >= 11 is 5.99. The lowest BCUT2D eigenvalue weighted by Crippen LogP contribution is -2.35. The number of rotatable bonds is 3. The van der Waals surface area contributed by atoms with Crippen LogP contribution in [0.25, 0.3) is 22.3 Å². The summed E-state index contributed by atoms with van der Waals surface area (Å²) in [6.07, 6.45) is 4.74. The van der Waals surface area contributed by atoms with Crippen LogP contribution in [0.2, 0.25) is 5.02 Å². The summed E-state index contributed by atoms with van der Waals surface area (Å²) in [5.74, 6) is 0.283. The molecule has 0 unspecified atom stereocenters. The third-order valence-corrected chi connectivity index (χ3v) is 6.75. The van der Waals surface area contributed by atoms with Gasteiger partial charge in [0.1, 0.15) is 28.7 Å². The highest BCUT2D eigenvalue weighted by atomic mass is 35.5. The van der Waals surface area contributed by atoms with Crippen LogP contribution in [0.5, 0.6) is 0 Å². The van der Waals surface area contributed by atoms with Crippen molar-refractivity contribution in [1.82, 2.24) is 29.3 Å². The minimum absolute atomic E-state index is 0.131. The van der Waals surface area contributed by atoms with Gasteiger partial charge in [0.05, 0.1) is 17.9 Å². The number of halogens is 2. The van der Waals surface area contributed by atoms with Crippen LogP contribution < -0.4 is 5.56 Å². The summed E-state index contributed by atoms with van der Waals surface area (Å²) in [4.78, 5) is 27.3. The molecule has 8 nitrogen and oxygen atoms in total. The maximum absolute atomic E-state index is 15.0. The van der Waals surface area contributed by atoms with E-state index in [0.29, 0.717) is 24.5 Å². The Morgan fingerprint density at radius 2 is 1.94 bits per heavy atom. The quantitative estimate of drug-likeness (QED) is 0.410. The molecular weight excluding hydrogens is 471 g/mol. The molecule has 0 saturated carbocycles. The van der Waals surface area contributed by atoms with Gasteiger partial charge in [-0.1, -0.05) is 11.6 Å². The first kappa shape index (κ1) is 23.6. The average molecular weight is 497 g/mol. The molecule has 1 aromatic carbocycles. The summed E-state index contributed by atoms with van der Waals surface area (Å²) in [6, 6.07) is 4.38. The number of hydrogen-bond acceptors (Lipinski definition) is 6. The highest BCUT2D eigenvalue weighted by Crippen LogP contribution is 2.44. The number of fused-ring (bicyclic) bond motifs is 1. The van der Waals surface area contributed by atoms with Crippen LogP contribution in [0.15, 0.2) is 35.4 Å². The Hall–Kier alpha value is -3.17. The van der Waals surface area contributed by atoms with Gasteiger partial charge in [0, 0.05) is 42.4 Å². The van der Waals surface area contributed by atoms with Crippen LogP contribution >= 0.6 is 11.6 Å². The molecular formula is C25H26ClFN6O2. The van der Waals surface area contributed by atoms with Crippen molar-refractivity contribution in [2.45, 2.75) is 51.2 Å². The van der Waals surface area contributed by atoms with E-state index in [-0.39, 0.29) is 44.9 Å². The van der Waals surface area contributed by atoms with Crippen molar-refractivity contribution in [3.8, 4) is 11.3 Å². The smallest absolute Gasteiger partial charge is 0.279 e. The summed E-state index contributed by atoms with van der Waals surface area (Å²) in [7, 11) is 3.50. The molecule has 0 amide bonds. The zero-order valence-corrected chi connectivity index (χ0v) is 21.0. The Bertz CT molecular complexity index is 1510. The molecule has 0 bridgehead atoms. The second kappa shape index (κ2) is 8.49. The van der Waals surface area contributed by atoms with Crippen molar-refractivity contribution >= 4 is 22.6 Å². The Morgan fingerprint density at radius 3 is 2.63 bits per heavy atom. The minimum atomic E-state index is -0.538. The lowest BCUT2D eigenvalue weighted by molar-refractivity contribution is -0.117. The van der Waals surface area contributed by atoms with Crippen LogP contribution in [0.4, 0.5) is 4.39 Å². The average Bonchev–Trinajstić information content (AvgIpc) is 3.23. The van der Waals surface area contributed by atoms with Crippen LogP contribution in [0.1, 0.15) is 55.9 Å². The highest BCUT2D eigenvalue weighted by Gasteiger charge is 2.38. The van der Waals surface area contributed by atoms with Gasteiger partial charge in [0.2, 0.25) is 0 Å². The van der Waals surface area contributed by atoms with Crippen molar-refractivity contribution in [2.24, 2.45) is 14.1 Å². The van der Waals surface area contributed by atoms with Crippen molar-refractivity contribution in [3.05, 3.63) is 69.0 Å². The van der Waals surface area contributed by atoms with Gasteiger partial charge in [0.25, 0.3) is 5.56 Å². The predicted octanol–water partition coefficient (Wildman–Crippen LogP) is 4.64. The van der Waals surface area contributed by atoms with Crippen molar-refractivity contribution in [2.75, 3.05) is 0 Å². The first-order valence-corrected chi connectivity index (χ1v) is 11.8. The molecule has 0 radical (unpaired) electrons. The largest absolute Gasteiger partial charge is 0.367 e. The third-order valence-electron chi connectivity index (χ3n) is 6.51. The number of ether oxygens (including phenoxy) is 1. The van der Waals surface area contributed by atoms with Gasteiger partial charge in [0.15, 0.2) is 5.52 Å². The van der Waals surface area contributed by atoms with Crippen LogP contribution in [-0.4, -0.2) is 34.9 Å². The zero-order valence-electron chi connectivity index (χ0n) is 20.2. The van der Waals surface area contributed by atoms with Crippen molar-refractivity contribution in [3.63, 3.8) is 0 Å². The number of hydrogen-bond donors (Lipinski definition) is 0. The van der Waals surface area contributed by atoms with Gasteiger partial charge in [-0.25, -0.2) is 19.3 Å². The van der Waals surface area contributed by atoms with Crippen molar-refractivity contribution < 1.29 is 9.13 Å². The molecule has 1 saturated heterocycles. The van der Waals surface area contributed by atoms with Gasteiger partial charge in [-0.15, -0.1) is 0 Å². The first-order valence-electron chi connectivity index (χ1n) is 11.4. The monoisotopic (exact) mass is 496 g/mol. The summed E-state index contributed by atoms with van der Waals surface area (Å²) in [5.41, 5.74) is 1.12. The normalized spacial score (nSPS) is 19.9. The Morgan fingerprint density at radius 1 is 1.17 bits per heavy atom. The standard InChI is InChI=1S/C25H26ClFN6O2/c1-13-29-21-20(17-7-6-16(26)9-18(17)27)30-23(31-22(21)24(34)33(13)5)14-8-19(35-25(2,3)10-14)15-11-28-32(4)12-15/h6-7,9,11-12,14,19H,8,10H2,1-5H3/t14-,19-/m0/s1. The van der Waals surface area contributed by atoms with E-state index >= 15 is 4.39 Å². The predicted molar refractivity (Wildman–Crippen MR) is 131 cm³/mol. The SMILES string of the molecule is Cc1nc2c(-c3ccc(Cl)cc3F)nc([C@H]3C[C@@H](c4cnn(C)c4)OC(C)(C)C3)nc2c(=O)n1C. The van der Waals surface area contributed by atoms with Gasteiger partial charge in [-0.3, -0.25) is 14.0 Å². The highest BCUT2D eigenvalue weighted by molar-refractivity contribution is 6.30. The summed E-state index contributed by atoms with van der Waals surface area (Å²) < 4.78 is 24.6. The summed E-state index contributed by atoms with van der Waals surface area (Å²) in [5, 5.41) is 4.55. The topological polar surface area (TPSA) is 87.7 Å². The molecule has 1 aliphatic rings. The fourth-order valence-electron chi connectivity index (χ4n) is 4.75. The number of benzene rings is 1. The molecule has 0 spiro atoms. The zero-order chi connectivity index (χ0) is 25.1. The van der Waals surface area contributed by atoms with E-state index in [9.17, 15) is 4.79 Å². The second-order valence-electron chi connectivity index (χ2n) is 9.73. The lowest BCUT2D eigenvalue weighted by atomic mass is 9.83. The van der Waals surface area contributed by atoms with E-state index in [4.69, 9.17) is 26.3 Å². The first-order chi connectivity index (χ1) is 16.5. The molecule has 1 fully saturated rings. The molecule has 0 N–H and O–H groups in total. The number of nitrogens with zero attached hydrogens (tertiary/aromatic N) is 6.